The second-order valence-corrected chi connectivity index (χ2v) is 3.62. The van der Waals surface area contributed by atoms with Gasteiger partial charge in [0.05, 0.1) is 0 Å². The number of benzene rings is 2. The summed E-state index contributed by atoms with van der Waals surface area (Å²) in [6.07, 6.45) is 0.998. The van der Waals surface area contributed by atoms with Gasteiger partial charge >= 0.3 is 0 Å². The molecule has 0 aliphatic heterocycles. The fourth-order valence-electron chi connectivity index (χ4n) is 1.81. The zero-order chi connectivity index (χ0) is 10.1. The van der Waals surface area contributed by atoms with Gasteiger partial charge in [-0.05, 0) is 47.4 Å². The zero-order valence-corrected chi connectivity index (χ0v) is 8.47. The Morgan fingerprint density at radius 3 is 2.57 bits per heavy atom. The molecule has 0 N–H and O–H groups in total. The van der Waals surface area contributed by atoms with E-state index in [1.807, 2.05) is 6.07 Å². The van der Waals surface area contributed by atoms with E-state index in [1.54, 1.807) is 6.07 Å². The van der Waals surface area contributed by atoms with Crippen LogP contribution < -0.4 is 0 Å². The van der Waals surface area contributed by atoms with E-state index in [0.717, 1.165) is 17.2 Å². The fourth-order valence-corrected chi connectivity index (χ4v) is 1.81. The SMILES string of the molecule is CCc1cc2cc(F)ccc2cc1C. The van der Waals surface area contributed by atoms with Crippen LogP contribution in [0, 0.1) is 12.7 Å². The Morgan fingerprint density at radius 1 is 1.07 bits per heavy atom. The predicted molar refractivity (Wildman–Crippen MR) is 58.0 cm³/mol. The maximum absolute atomic E-state index is 13.0. The Balaban J connectivity index is 2.73. The normalized spacial score (nSPS) is 10.8. The van der Waals surface area contributed by atoms with Crippen molar-refractivity contribution in [3.63, 3.8) is 0 Å². The first-order valence-electron chi connectivity index (χ1n) is 4.89. The van der Waals surface area contributed by atoms with Crippen LogP contribution >= 0.6 is 0 Å². The van der Waals surface area contributed by atoms with Crippen LogP contribution in [0.2, 0.25) is 0 Å². The van der Waals surface area contributed by atoms with Gasteiger partial charge in [0.1, 0.15) is 5.82 Å². The lowest BCUT2D eigenvalue weighted by Gasteiger charge is -2.05. The standard InChI is InChI=1S/C13H13F/c1-3-10-7-12-8-13(14)5-4-11(12)6-9(10)2/h4-8H,3H2,1-2H3. The molecular weight excluding hydrogens is 175 g/mol. The quantitative estimate of drug-likeness (QED) is 0.637. The van der Waals surface area contributed by atoms with Crippen molar-refractivity contribution in [2.45, 2.75) is 20.3 Å². The molecule has 0 atom stereocenters. The van der Waals surface area contributed by atoms with Gasteiger partial charge in [0.2, 0.25) is 0 Å². The van der Waals surface area contributed by atoms with Crippen molar-refractivity contribution >= 4 is 10.8 Å². The molecule has 0 amide bonds. The fraction of sp³-hybridized carbons (Fsp3) is 0.231. The molecule has 0 nitrogen and oxygen atoms in total. The first-order chi connectivity index (χ1) is 6.70. The van der Waals surface area contributed by atoms with E-state index in [0.29, 0.717) is 0 Å². The van der Waals surface area contributed by atoms with Crippen LogP contribution in [0.5, 0.6) is 0 Å². The monoisotopic (exact) mass is 188 g/mol. The van der Waals surface area contributed by atoms with Crippen molar-refractivity contribution in [3.8, 4) is 0 Å². The van der Waals surface area contributed by atoms with Crippen molar-refractivity contribution in [3.05, 3.63) is 47.3 Å². The smallest absolute Gasteiger partial charge is 0.123 e. The minimum atomic E-state index is -0.164. The second-order valence-electron chi connectivity index (χ2n) is 3.62. The van der Waals surface area contributed by atoms with Crippen molar-refractivity contribution in [2.75, 3.05) is 0 Å². The van der Waals surface area contributed by atoms with E-state index in [9.17, 15) is 4.39 Å². The van der Waals surface area contributed by atoms with Crippen LogP contribution in [-0.4, -0.2) is 0 Å². The highest BCUT2D eigenvalue weighted by atomic mass is 19.1. The third kappa shape index (κ3) is 1.50. The molecule has 2 aromatic rings. The third-order valence-corrected chi connectivity index (χ3v) is 2.64. The van der Waals surface area contributed by atoms with Gasteiger partial charge in [-0.2, -0.15) is 0 Å². The van der Waals surface area contributed by atoms with Crippen LogP contribution in [0.25, 0.3) is 10.8 Å². The first kappa shape index (κ1) is 9.20. The predicted octanol–water partition coefficient (Wildman–Crippen LogP) is 3.85. The van der Waals surface area contributed by atoms with E-state index < -0.39 is 0 Å². The number of fused-ring (bicyclic) bond motifs is 1. The van der Waals surface area contributed by atoms with Crippen LogP contribution in [0.1, 0.15) is 18.1 Å². The maximum Gasteiger partial charge on any atom is 0.123 e. The topological polar surface area (TPSA) is 0 Å². The highest BCUT2D eigenvalue weighted by Crippen LogP contribution is 2.21. The van der Waals surface area contributed by atoms with Gasteiger partial charge in [-0.1, -0.05) is 25.1 Å². The van der Waals surface area contributed by atoms with Crippen LogP contribution in [0.3, 0.4) is 0 Å². The molecule has 0 fully saturated rings. The summed E-state index contributed by atoms with van der Waals surface area (Å²) in [5, 5.41) is 2.11. The van der Waals surface area contributed by atoms with Gasteiger partial charge < -0.3 is 0 Å². The van der Waals surface area contributed by atoms with Gasteiger partial charge in [-0.15, -0.1) is 0 Å². The van der Waals surface area contributed by atoms with Crippen molar-refractivity contribution in [1.29, 1.82) is 0 Å². The van der Waals surface area contributed by atoms with Gasteiger partial charge in [-0.3, -0.25) is 0 Å². The third-order valence-electron chi connectivity index (χ3n) is 2.64. The Morgan fingerprint density at radius 2 is 1.86 bits per heavy atom. The molecule has 0 radical (unpaired) electrons. The summed E-state index contributed by atoms with van der Waals surface area (Å²) < 4.78 is 13.0. The molecule has 0 saturated carbocycles. The minimum Gasteiger partial charge on any atom is -0.207 e. The van der Waals surface area contributed by atoms with E-state index in [2.05, 4.69) is 26.0 Å². The molecule has 0 unspecified atom stereocenters. The molecule has 2 rings (SSSR count). The summed E-state index contributed by atoms with van der Waals surface area (Å²) >= 11 is 0. The highest BCUT2D eigenvalue weighted by molar-refractivity contribution is 5.84. The molecule has 0 aliphatic rings. The number of halogens is 1. The average Bonchev–Trinajstić information content (AvgIpc) is 2.17. The Kier molecular flexibility index (Phi) is 2.24. The molecule has 72 valence electrons. The van der Waals surface area contributed by atoms with Gasteiger partial charge in [0, 0.05) is 0 Å². The Labute approximate surface area is 83.4 Å². The summed E-state index contributed by atoms with van der Waals surface area (Å²) in [7, 11) is 0. The highest BCUT2D eigenvalue weighted by Gasteiger charge is 2.00. The van der Waals surface area contributed by atoms with E-state index in [1.165, 1.54) is 17.2 Å². The minimum absolute atomic E-state index is 0.164. The molecule has 0 aromatic heterocycles. The van der Waals surface area contributed by atoms with Gasteiger partial charge in [0.15, 0.2) is 0 Å². The summed E-state index contributed by atoms with van der Waals surface area (Å²) in [5.41, 5.74) is 2.58. The zero-order valence-electron chi connectivity index (χ0n) is 8.47. The average molecular weight is 188 g/mol. The molecule has 14 heavy (non-hydrogen) atoms. The molecule has 2 aromatic carbocycles. The lowest BCUT2D eigenvalue weighted by atomic mass is 10.0. The van der Waals surface area contributed by atoms with Gasteiger partial charge in [0.25, 0.3) is 0 Å². The number of aryl methyl sites for hydroxylation is 2. The summed E-state index contributed by atoms with van der Waals surface area (Å²) in [6, 6.07) is 9.12. The number of hydrogen-bond donors (Lipinski definition) is 0. The second kappa shape index (κ2) is 3.41. The number of rotatable bonds is 1. The van der Waals surface area contributed by atoms with E-state index >= 15 is 0 Å². The molecule has 1 heteroatoms. The molecule has 0 heterocycles. The summed E-state index contributed by atoms with van der Waals surface area (Å²) in [6.45, 7) is 4.22. The van der Waals surface area contributed by atoms with Crippen molar-refractivity contribution < 1.29 is 4.39 Å². The maximum atomic E-state index is 13.0. The lowest BCUT2D eigenvalue weighted by molar-refractivity contribution is 0.629. The van der Waals surface area contributed by atoms with E-state index in [-0.39, 0.29) is 5.82 Å². The largest absolute Gasteiger partial charge is 0.207 e. The number of hydrogen-bond acceptors (Lipinski definition) is 0. The molecule has 0 saturated heterocycles. The van der Waals surface area contributed by atoms with Crippen LogP contribution in [0.15, 0.2) is 30.3 Å². The summed E-state index contributed by atoms with van der Waals surface area (Å²) in [4.78, 5) is 0. The first-order valence-corrected chi connectivity index (χ1v) is 4.89. The van der Waals surface area contributed by atoms with Crippen LogP contribution in [0.4, 0.5) is 4.39 Å². The van der Waals surface area contributed by atoms with Crippen molar-refractivity contribution in [2.24, 2.45) is 0 Å². The van der Waals surface area contributed by atoms with Crippen LogP contribution in [-0.2, 0) is 6.42 Å². The lowest BCUT2D eigenvalue weighted by Crippen LogP contribution is -1.87. The molecular formula is C13H13F. The summed E-state index contributed by atoms with van der Waals surface area (Å²) in [5.74, 6) is -0.164. The van der Waals surface area contributed by atoms with E-state index in [4.69, 9.17) is 0 Å². The van der Waals surface area contributed by atoms with Crippen molar-refractivity contribution in [1.82, 2.24) is 0 Å². The molecule has 0 spiro atoms. The molecule has 0 aliphatic carbocycles. The van der Waals surface area contributed by atoms with Gasteiger partial charge in [-0.25, -0.2) is 4.39 Å². The Hall–Kier alpha value is -1.37. The Bertz CT molecular complexity index is 472. The molecule has 0 bridgehead atoms.